The monoisotopic (exact) mass is 337 g/mol. The minimum atomic E-state index is 0.642. The molecule has 0 heterocycles. The summed E-state index contributed by atoms with van der Waals surface area (Å²) >= 11 is 3.55. The van der Waals surface area contributed by atoms with E-state index in [1.54, 1.807) is 0 Å². The van der Waals surface area contributed by atoms with Crippen molar-refractivity contribution < 1.29 is 4.74 Å². The molecule has 0 radical (unpaired) electrons. The lowest BCUT2D eigenvalue weighted by Gasteiger charge is -2.16. The molecule has 110 valence electrons. The summed E-state index contributed by atoms with van der Waals surface area (Å²) in [5, 5.41) is 3.46. The summed E-state index contributed by atoms with van der Waals surface area (Å²) in [7, 11) is 0. The molecule has 0 aliphatic rings. The number of halogens is 1. The van der Waals surface area contributed by atoms with E-state index in [0.29, 0.717) is 12.5 Å². The van der Waals surface area contributed by atoms with Crippen molar-refractivity contribution in [1.82, 2.24) is 5.32 Å². The van der Waals surface area contributed by atoms with Crippen molar-refractivity contribution in [2.75, 3.05) is 13.2 Å². The van der Waals surface area contributed by atoms with Crippen molar-refractivity contribution >= 4 is 15.9 Å². The van der Waals surface area contributed by atoms with Gasteiger partial charge < -0.3 is 10.1 Å². The molecule has 0 amide bonds. The van der Waals surface area contributed by atoms with Crippen LogP contribution in [0.2, 0.25) is 0 Å². The molecule has 0 saturated heterocycles. The van der Waals surface area contributed by atoms with Gasteiger partial charge in [0.05, 0.1) is 6.61 Å². The average molecular weight is 338 g/mol. The van der Waals surface area contributed by atoms with E-state index in [9.17, 15) is 0 Å². The molecule has 1 aromatic carbocycles. The highest BCUT2D eigenvalue weighted by atomic mass is 79.9. The first kappa shape index (κ1) is 17.1. The molecule has 0 bridgehead atoms. The van der Waals surface area contributed by atoms with Gasteiger partial charge in [-0.2, -0.15) is 0 Å². The number of nitrogens with one attached hydrogen (secondary N) is 1. The second kappa shape index (κ2) is 9.05. The molecule has 0 aliphatic carbocycles. The van der Waals surface area contributed by atoms with E-state index >= 15 is 0 Å². The third-order valence-corrected chi connectivity index (χ3v) is 3.35. The molecular weight excluding hydrogens is 314 g/mol. The molecule has 20 heavy (non-hydrogen) atoms. The van der Waals surface area contributed by atoms with E-state index in [1.807, 2.05) is 0 Å². The number of ether oxygens (including phenoxy) is 1. The van der Waals surface area contributed by atoms with Crippen LogP contribution in [0.3, 0.4) is 0 Å². The first-order valence-electron chi connectivity index (χ1n) is 7.10. The van der Waals surface area contributed by atoms with Crippen molar-refractivity contribution in [3.05, 3.63) is 27.7 Å². The number of hydrogen-bond donors (Lipinski definition) is 1. The van der Waals surface area contributed by atoms with E-state index in [4.69, 9.17) is 11.2 Å². The lowest BCUT2D eigenvalue weighted by molar-refractivity contribution is 0.306. The Balaban J connectivity index is 2.71. The minimum Gasteiger partial charge on any atom is -0.493 e. The molecule has 0 unspecified atom stereocenters. The summed E-state index contributed by atoms with van der Waals surface area (Å²) in [6, 6.07) is 4.21. The number of unbranched alkanes of at least 4 members (excludes halogenated alkanes) is 1. The highest BCUT2D eigenvalue weighted by Crippen LogP contribution is 2.28. The molecule has 0 fully saturated rings. The van der Waals surface area contributed by atoms with Gasteiger partial charge in [0.25, 0.3) is 0 Å². The Morgan fingerprint density at radius 3 is 2.80 bits per heavy atom. The predicted octanol–water partition coefficient (Wildman–Crippen LogP) is 4.30. The van der Waals surface area contributed by atoms with Crippen LogP contribution in [0.15, 0.2) is 16.6 Å². The average Bonchev–Trinajstić information content (AvgIpc) is 2.36. The standard InChI is InChI=1S/C17H24BrNO/c1-5-6-7-8-20-17-14(4)9-16(18)10-15(17)12-19-11-13(2)3/h1,9-10,13,19H,6-8,11-12H2,2-4H3. The van der Waals surface area contributed by atoms with Crippen molar-refractivity contribution in [3.63, 3.8) is 0 Å². The SMILES string of the molecule is C#CCCCOc1c(C)cc(Br)cc1CNCC(C)C. The number of hydrogen-bond acceptors (Lipinski definition) is 2. The third-order valence-electron chi connectivity index (χ3n) is 2.90. The van der Waals surface area contributed by atoms with Crippen LogP contribution in [0.25, 0.3) is 0 Å². The van der Waals surface area contributed by atoms with Gasteiger partial charge in [-0.15, -0.1) is 12.3 Å². The maximum Gasteiger partial charge on any atom is 0.126 e. The summed E-state index contributed by atoms with van der Waals surface area (Å²) in [5.74, 6) is 4.27. The highest BCUT2D eigenvalue weighted by molar-refractivity contribution is 9.10. The minimum absolute atomic E-state index is 0.642. The number of terminal acetylenes is 1. The fraction of sp³-hybridized carbons (Fsp3) is 0.529. The van der Waals surface area contributed by atoms with E-state index in [1.165, 1.54) is 5.56 Å². The van der Waals surface area contributed by atoms with E-state index in [-0.39, 0.29) is 0 Å². The topological polar surface area (TPSA) is 21.3 Å². The van der Waals surface area contributed by atoms with Gasteiger partial charge in [0.2, 0.25) is 0 Å². The highest BCUT2D eigenvalue weighted by Gasteiger charge is 2.09. The summed E-state index contributed by atoms with van der Waals surface area (Å²) in [6.07, 6.45) is 6.91. The van der Waals surface area contributed by atoms with Crippen LogP contribution in [0.4, 0.5) is 0 Å². The Bertz CT molecular complexity index is 463. The Labute approximate surface area is 131 Å². The Morgan fingerprint density at radius 1 is 1.40 bits per heavy atom. The zero-order chi connectivity index (χ0) is 15.0. The maximum absolute atomic E-state index is 5.93. The second-order valence-corrected chi connectivity index (χ2v) is 6.31. The van der Waals surface area contributed by atoms with Gasteiger partial charge >= 0.3 is 0 Å². The number of benzene rings is 1. The zero-order valence-corrected chi connectivity index (χ0v) is 14.2. The molecule has 0 aromatic heterocycles. The fourth-order valence-electron chi connectivity index (χ4n) is 1.98. The first-order valence-corrected chi connectivity index (χ1v) is 7.90. The number of aryl methyl sites for hydroxylation is 1. The molecule has 0 saturated carbocycles. The zero-order valence-electron chi connectivity index (χ0n) is 12.6. The molecule has 1 N–H and O–H groups in total. The van der Waals surface area contributed by atoms with E-state index in [0.717, 1.165) is 41.7 Å². The van der Waals surface area contributed by atoms with Crippen LogP contribution >= 0.6 is 15.9 Å². The van der Waals surface area contributed by atoms with Crippen LogP contribution in [0.1, 0.15) is 37.8 Å². The maximum atomic E-state index is 5.93. The Hall–Kier alpha value is -0.980. The summed E-state index contributed by atoms with van der Waals surface area (Å²) < 4.78 is 7.02. The van der Waals surface area contributed by atoms with E-state index < -0.39 is 0 Å². The van der Waals surface area contributed by atoms with Crippen LogP contribution in [0.5, 0.6) is 5.75 Å². The fourth-order valence-corrected chi connectivity index (χ4v) is 2.60. The molecule has 0 atom stereocenters. The quantitative estimate of drug-likeness (QED) is 0.564. The first-order chi connectivity index (χ1) is 9.54. The van der Waals surface area contributed by atoms with Gasteiger partial charge in [-0.05, 0) is 43.5 Å². The molecular formula is C17H24BrNO. The smallest absolute Gasteiger partial charge is 0.126 e. The summed E-state index contributed by atoms with van der Waals surface area (Å²) in [6.45, 7) is 8.98. The van der Waals surface area contributed by atoms with Gasteiger partial charge in [-0.1, -0.05) is 29.8 Å². The van der Waals surface area contributed by atoms with Crippen molar-refractivity contribution in [3.8, 4) is 18.1 Å². The van der Waals surface area contributed by atoms with Gasteiger partial charge in [-0.25, -0.2) is 0 Å². The van der Waals surface area contributed by atoms with Gasteiger partial charge in [0, 0.05) is 23.0 Å². The van der Waals surface area contributed by atoms with Gasteiger partial charge in [0.1, 0.15) is 5.75 Å². The molecule has 0 aliphatic heterocycles. The van der Waals surface area contributed by atoms with Crippen molar-refractivity contribution in [2.45, 2.75) is 40.2 Å². The molecule has 2 nitrogen and oxygen atoms in total. The second-order valence-electron chi connectivity index (χ2n) is 5.39. The molecule has 0 spiro atoms. The predicted molar refractivity (Wildman–Crippen MR) is 89.0 cm³/mol. The van der Waals surface area contributed by atoms with Gasteiger partial charge in [-0.3, -0.25) is 0 Å². The van der Waals surface area contributed by atoms with E-state index in [2.05, 4.69) is 60.1 Å². The normalized spacial score (nSPS) is 10.6. The Kier molecular flexibility index (Phi) is 7.72. The van der Waals surface area contributed by atoms with Crippen molar-refractivity contribution in [2.24, 2.45) is 5.92 Å². The summed E-state index contributed by atoms with van der Waals surface area (Å²) in [4.78, 5) is 0. The van der Waals surface area contributed by atoms with Crippen molar-refractivity contribution in [1.29, 1.82) is 0 Å². The van der Waals surface area contributed by atoms with Crippen LogP contribution < -0.4 is 10.1 Å². The largest absolute Gasteiger partial charge is 0.493 e. The van der Waals surface area contributed by atoms with Crippen LogP contribution in [-0.4, -0.2) is 13.2 Å². The lowest BCUT2D eigenvalue weighted by atomic mass is 10.1. The molecule has 1 aromatic rings. The van der Waals surface area contributed by atoms with Crippen LogP contribution in [-0.2, 0) is 6.54 Å². The summed E-state index contributed by atoms with van der Waals surface area (Å²) in [5.41, 5.74) is 2.35. The lowest BCUT2D eigenvalue weighted by Crippen LogP contribution is -2.19. The third kappa shape index (κ3) is 5.98. The number of rotatable bonds is 8. The molecule has 1 rings (SSSR count). The van der Waals surface area contributed by atoms with Crippen LogP contribution in [0, 0.1) is 25.2 Å². The van der Waals surface area contributed by atoms with Gasteiger partial charge in [0.15, 0.2) is 0 Å². The molecule has 3 heteroatoms. The Morgan fingerprint density at radius 2 is 2.15 bits per heavy atom.